The third-order valence-corrected chi connectivity index (χ3v) is 10.4. The Morgan fingerprint density at radius 1 is 1.14 bits per heavy atom. The van der Waals surface area contributed by atoms with E-state index in [0.29, 0.717) is 23.5 Å². The van der Waals surface area contributed by atoms with Crippen LogP contribution in [-0.2, 0) is 16.6 Å². The molecule has 2 aliphatic rings. The number of methoxy groups -OCH3 is 1. The first-order chi connectivity index (χ1) is 17.0. The highest BCUT2D eigenvalue weighted by molar-refractivity contribution is 7.89. The average molecular weight is 528 g/mol. The Balaban J connectivity index is 1.44. The van der Waals surface area contributed by atoms with Gasteiger partial charge in [0.15, 0.2) is 4.80 Å². The summed E-state index contributed by atoms with van der Waals surface area (Å²) < 4.78 is 37.2. The summed E-state index contributed by atoms with van der Waals surface area (Å²) in [4.78, 5) is 18.2. The number of carbonyl (C=O) groups excluding carboxylic acids is 1. The van der Waals surface area contributed by atoms with Crippen molar-refractivity contribution in [1.29, 1.82) is 0 Å². The number of hydrogen-bond donors (Lipinski definition) is 0. The minimum atomic E-state index is -3.64. The van der Waals surface area contributed by atoms with E-state index < -0.39 is 15.9 Å². The number of ether oxygens (including phenoxy) is 1. The van der Waals surface area contributed by atoms with Gasteiger partial charge < -0.3 is 9.30 Å². The SMILES string of the molecule is CCn1c(=NC(=O)c2ccc(S(=O)(=O)N3CC4(C)CC3CC(C)(C)C4)cc2)sc2cccc(OC)c21. The molecule has 5 rings (SSSR count). The topological polar surface area (TPSA) is 81.0 Å². The molecule has 2 unspecified atom stereocenters. The monoisotopic (exact) mass is 527 g/mol. The minimum Gasteiger partial charge on any atom is -0.495 e. The van der Waals surface area contributed by atoms with Gasteiger partial charge in [0.1, 0.15) is 11.3 Å². The van der Waals surface area contributed by atoms with Gasteiger partial charge >= 0.3 is 0 Å². The van der Waals surface area contributed by atoms with Crippen LogP contribution in [0.15, 0.2) is 52.4 Å². The van der Waals surface area contributed by atoms with Crippen LogP contribution in [0.5, 0.6) is 5.75 Å². The van der Waals surface area contributed by atoms with Crippen molar-refractivity contribution in [2.24, 2.45) is 15.8 Å². The Hall–Kier alpha value is -2.49. The predicted octanol–water partition coefficient (Wildman–Crippen LogP) is 5.06. The summed E-state index contributed by atoms with van der Waals surface area (Å²) in [5.74, 6) is 0.329. The molecule has 1 aromatic heterocycles. The van der Waals surface area contributed by atoms with E-state index in [1.807, 2.05) is 29.7 Å². The smallest absolute Gasteiger partial charge is 0.279 e. The lowest BCUT2D eigenvalue weighted by molar-refractivity contribution is 0.0997. The lowest BCUT2D eigenvalue weighted by Crippen LogP contribution is -2.37. The van der Waals surface area contributed by atoms with Crippen molar-refractivity contribution in [1.82, 2.24) is 8.87 Å². The number of para-hydroxylation sites is 1. The third kappa shape index (κ3) is 4.31. The fourth-order valence-corrected chi connectivity index (χ4v) is 9.27. The number of amides is 1. The second-order valence-corrected chi connectivity index (χ2v) is 14.0. The van der Waals surface area contributed by atoms with E-state index in [-0.39, 0.29) is 21.8 Å². The molecule has 1 saturated heterocycles. The largest absolute Gasteiger partial charge is 0.495 e. The van der Waals surface area contributed by atoms with Gasteiger partial charge in [0.2, 0.25) is 10.0 Å². The molecule has 2 bridgehead atoms. The molecule has 9 heteroatoms. The summed E-state index contributed by atoms with van der Waals surface area (Å²) in [6.45, 7) is 9.84. The van der Waals surface area contributed by atoms with Gasteiger partial charge in [-0.3, -0.25) is 4.79 Å². The summed E-state index contributed by atoms with van der Waals surface area (Å²) in [5, 5.41) is 0. The fraction of sp³-hybridized carbons (Fsp3) is 0.481. The second-order valence-electron chi connectivity index (χ2n) is 11.1. The van der Waals surface area contributed by atoms with E-state index in [1.165, 1.54) is 23.5 Å². The van der Waals surface area contributed by atoms with Gasteiger partial charge in [-0.2, -0.15) is 9.30 Å². The number of fused-ring (bicyclic) bond motifs is 3. The highest BCUT2D eigenvalue weighted by Gasteiger charge is 2.53. The van der Waals surface area contributed by atoms with E-state index in [0.717, 1.165) is 35.2 Å². The minimum absolute atomic E-state index is 0.00978. The predicted molar refractivity (Wildman–Crippen MR) is 142 cm³/mol. The highest BCUT2D eigenvalue weighted by Crippen LogP contribution is 2.53. The van der Waals surface area contributed by atoms with Gasteiger partial charge in [-0.25, -0.2) is 8.42 Å². The Labute approximate surface area is 216 Å². The molecule has 1 aliphatic heterocycles. The van der Waals surface area contributed by atoms with Crippen molar-refractivity contribution < 1.29 is 17.9 Å². The lowest BCUT2D eigenvalue weighted by atomic mass is 9.65. The zero-order chi connectivity index (χ0) is 25.9. The molecule has 36 heavy (non-hydrogen) atoms. The maximum Gasteiger partial charge on any atom is 0.279 e. The number of carbonyl (C=O) groups is 1. The lowest BCUT2D eigenvalue weighted by Gasteiger charge is -2.39. The van der Waals surface area contributed by atoms with E-state index in [4.69, 9.17) is 4.74 Å². The van der Waals surface area contributed by atoms with Gasteiger partial charge in [-0.1, -0.05) is 38.2 Å². The molecule has 2 heterocycles. The van der Waals surface area contributed by atoms with Crippen LogP contribution in [0.2, 0.25) is 0 Å². The molecule has 192 valence electrons. The first-order valence-corrected chi connectivity index (χ1v) is 14.6. The zero-order valence-electron chi connectivity index (χ0n) is 21.4. The number of nitrogens with zero attached hydrogens (tertiary/aromatic N) is 3. The number of aryl methyl sites for hydroxylation is 1. The van der Waals surface area contributed by atoms with Crippen LogP contribution in [0.3, 0.4) is 0 Å². The quantitative estimate of drug-likeness (QED) is 0.464. The van der Waals surface area contributed by atoms with Crippen molar-refractivity contribution in [3.8, 4) is 5.75 Å². The van der Waals surface area contributed by atoms with Crippen molar-refractivity contribution in [2.75, 3.05) is 13.7 Å². The first kappa shape index (κ1) is 25.2. The van der Waals surface area contributed by atoms with Gasteiger partial charge in [0, 0.05) is 24.7 Å². The molecule has 0 radical (unpaired) electrons. The average Bonchev–Trinajstić information content (AvgIpc) is 3.31. The molecule has 7 nitrogen and oxygen atoms in total. The Morgan fingerprint density at radius 2 is 1.86 bits per heavy atom. The van der Waals surface area contributed by atoms with Crippen LogP contribution in [-0.4, -0.2) is 42.9 Å². The van der Waals surface area contributed by atoms with E-state index >= 15 is 0 Å². The molecule has 1 aliphatic carbocycles. The molecule has 2 fully saturated rings. The standard InChI is InChI=1S/C27H33N3O4S2/c1-6-29-23-21(34-5)8-7-9-22(23)35-25(29)28-24(31)18-10-12-20(13-11-18)36(32,33)30-17-27(4)15-19(30)14-26(2,3)16-27/h7-13,19H,6,14-17H2,1-5H3. The number of sulfonamides is 1. The molecule has 2 atom stereocenters. The van der Waals surface area contributed by atoms with E-state index in [1.54, 1.807) is 23.5 Å². The van der Waals surface area contributed by atoms with Crippen LogP contribution in [0.1, 0.15) is 57.3 Å². The number of rotatable bonds is 5. The Morgan fingerprint density at radius 3 is 2.53 bits per heavy atom. The number of thiazole rings is 1. The Kier molecular flexibility index (Phi) is 6.16. The van der Waals surface area contributed by atoms with Crippen LogP contribution in [0, 0.1) is 10.8 Å². The molecular weight excluding hydrogens is 494 g/mol. The summed E-state index contributed by atoms with van der Waals surface area (Å²) in [5.41, 5.74) is 1.41. The molecule has 2 aromatic carbocycles. The maximum absolute atomic E-state index is 13.5. The number of aromatic nitrogens is 1. The van der Waals surface area contributed by atoms with Gasteiger partial charge in [-0.05, 0) is 73.4 Å². The van der Waals surface area contributed by atoms with E-state index in [9.17, 15) is 13.2 Å². The summed E-state index contributed by atoms with van der Waals surface area (Å²) in [6.07, 6.45) is 2.80. The summed E-state index contributed by atoms with van der Waals surface area (Å²) in [6, 6.07) is 12.0. The van der Waals surface area contributed by atoms with E-state index in [2.05, 4.69) is 25.8 Å². The van der Waals surface area contributed by atoms with Gasteiger partial charge in [-0.15, -0.1) is 0 Å². The molecular formula is C27H33N3O4S2. The van der Waals surface area contributed by atoms with Crippen molar-refractivity contribution in [3.63, 3.8) is 0 Å². The molecule has 3 aromatic rings. The van der Waals surface area contributed by atoms with Gasteiger partial charge in [0.25, 0.3) is 5.91 Å². The van der Waals surface area contributed by atoms with Crippen LogP contribution < -0.4 is 9.54 Å². The summed E-state index contributed by atoms with van der Waals surface area (Å²) in [7, 11) is -2.02. The zero-order valence-corrected chi connectivity index (χ0v) is 23.1. The maximum atomic E-state index is 13.5. The normalized spacial score (nSPS) is 24.4. The van der Waals surface area contributed by atoms with Crippen LogP contribution in [0.4, 0.5) is 0 Å². The fourth-order valence-electron chi connectivity index (χ4n) is 6.39. The second kappa shape index (κ2) is 8.82. The molecule has 0 spiro atoms. The molecule has 1 saturated carbocycles. The first-order valence-electron chi connectivity index (χ1n) is 12.3. The molecule has 1 amide bonds. The van der Waals surface area contributed by atoms with Crippen molar-refractivity contribution in [3.05, 3.63) is 52.8 Å². The van der Waals surface area contributed by atoms with Crippen molar-refractivity contribution >= 4 is 37.5 Å². The number of benzene rings is 2. The Bertz CT molecular complexity index is 1500. The number of hydrogen-bond acceptors (Lipinski definition) is 5. The van der Waals surface area contributed by atoms with Crippen LogP contribution >= 0.6 is 11.3 Å². The van der Waals surface area contributed by atoms with Crippen LogP contribution in [0.25, 0.3) is 10.2 Å². The summed E-state index contributed by atoms with van der Waals surface area (Å²) >= 11 is 1.43. The van der Waals surface area contributed by atoms with Crippen molar-refractivity contribution in [2.45, 2.75) is 64.4 Å². The third-order valence-electron chi connectivity index (χ3n) is 7.47. The highest BCUT2D eigenvalue weighted by atomic mass is 32.2. The molecule has 0 N–H and O–H groups in total. The van der Waals surface area contributed by atoms with Gasteiger partial charge in [0.05, 0.1) is 16.7 Å².